The fourth-order valence-electron chi connectivity index (χ4n) is 2.17. The molecular weight excluding hydrogens is 380 g/mol. The van der Waals surface area contributed by atoms with Crippen LogP contribution < -0.4 is 4.74 Å². The van der Waals surface area contributed by atoms with Gasteiger partial charge in [-0.15, -0.1) is 0 Å². The van der Waals surface area contributed by atoms with Gasteiger partial charge < -0.3 is 19.3 Å². The number of carbonyl (C=O) groups excluding carboxylic acids is 2. The third kappa shape index (κ3) is 5.79. The number of aliphatic hydroxyl groups is 1. The minimum Gasteiger partial charge on any atom is -0.511 e. The second kappa shape index (κ2) is 9.32. The van der Waals surface area contributed by atoms with Crippen molar-refractivity contribution >= 4 is 23.7 Å². The summed E-state index contributed by atoms with van der Waals surface area (Å²) in [6, 6.07) is 14.4. The van der Waals surface area contributed by atoms with Crippen LogP contribution in [0.4, 0.5) is 0 Å². The van der Waals surface area contributed by atoms with Crippen LogP contribution in [0.1, 0.15) is 31.1 Å². The summed E-state index contributed by atoms with van der Waals surface area (Å²) < 4.78 is 15.6. The van der Waals surface area contributed by atoms with Crippen molar-refractivity contribution in [2.45, 2.75) is 36.2 Å². The summed E-state index contributed by atoms with van der Waals surface area (Å²) >= 11 is 1.35. The lowest BCUT2D eigenvalue weighted by Gasteiger charge is -2.22. The molecule has 0 saturated heterocycles. The van der Waals surface area contributed by atoms with E-state index < -0.39 is 23.3 Å². The highest BCUT2D eigenvalue weighted by molar-refractivity contribution is 7.99. The predicted octanol–water partition coefficient (Wildman–Crippen LogP) is 4.74. The summed E-state index contributed by atoms with van der Waals surface area (Å²) in [6.07, 6.45) is 0.488. The van der Waals surface area contributed by atoms with Crippen molar-refractivity contribution in [3.8, 4) is 5.75 Å². The Balaban J connectivity index is 2.50. The van der Waals surface area contributed by atoms with Gasteiger partial charge in [0, 0.05) is 9.79 Å². The number of ether oxygens (including phenoxy) is 3. The highest BCUT2D eigenvalue weighted by atomic mass is 32.2. The van der Waals surface area contributed by atoms with Gasteiger partial charge in [0.05, 0.1) is 7.11 Å². The number of methoxy groups -OCH3 is 1. The van der Waals surface area contributed by atoms with E-state index in [1.165, 1.54) is 17.8 Å². The minimum absolute atomic E-state index is 0.0703. The molecule has 148 valence electrons. The summed E-state index contributed by atoms with van der Waals surface area (Å²) in [5.41, 5.74) is -0.578. The van der Waals surface area contributed by atoms with Gasteiger partial charge in [0.15, 0.2) is 0 Å². The zero-order chi connectivity index (χ0) is 20.7. The normalized spacial score (nSPS) is 11.6. The Labute approximate surface area is 168 Å². The van der Waals surface area contributed by atoms with Crippen LogP contribution in [0.3, 0.4) is 0 Å². The number of carbonyl (C=O) groups is 2. The third-order valence-corrected chi connectivity index (χ3v) is 4.35. The molecule has 2 aromatic rings. The van der Waals surface area contributed by atoms with Crippen molar-refractivity contribution < 1.29 is 28.9 Å². The third-order valence-electron chi connectivity index (χ3n) is 3.29. The van der Waals surface area contributed by atoms with E-state index in [-0.39, 0.29) is 11.3 Å². The highest BCUT2D eigenvalue weighted by Gasteiger charge is 2.26. The maximum atomic E-state index is 12.9. The molecule has 0 bridgehead atoms. The highest BCUT2D eigenvalue weighted by Crippen LogP contribution is 2.36. The lowest BCUT2D eigenvalue weighted by atomic mass is 10.1. The van der Waals surface area contributed by atoms with Gasteiger partial charge in [-0.25, -0.2) is 9.59 Å². The molecule has 0 amide bonds. The van der Waals surface area contributed by atoms with E-state index in [2.05, 4.69) is 4.74 Å². The summed E-state index contributed by atoms with van der Waals surface area (Å²) in [6.45, 7) is 5.27. The van der Waals surface area contributed by atoms with Crippen LogP contribution in [-0.4, -0.2) is 29.8 Å². The maximum absolute atomic E-state index is 12.9. The van der Waals surface area contributed by atoms with Crippen molar-refractivity contribution in [1.29, 1.82) is 0 Å². The molecule has 28 heavy (non-hydrogen) atoms. The summed E-state index contributed by atoms with van der Waals surface area (Å²) in [4.78, 5) is 26.1. The molecule has 1 N–H and O–H groups in total. The predicted molar refractivity (Wildman–Crippen MR) is 106 cm³/mol. The first-order valence-corrected chi connectivity index (χ1v) is 9.26. The second-order valence-corrected chi connectivity index (χ2v) is 7.75. The van der Waals surface area contributed by atoms with Gasteiger partial charge in [-0.05, 0) is 45.0 Å². The Morgan fingerprint density at radius 1 is 1.04 bits per heavy atom. The van der Waals surface area contributed by atoms with E-state index in [1.54, 1.807) is 32.9 Å². The van der Waals surface area contributed by atoms with E-state index in [9.17, 15) is 14.7 Å². The van der Waals surface area contributed by atoms with Crippen LogP contribution in [0.25, 0.3) is 0 Å². The van der Waals surface area contributed by atoms with Crippen LogP contribution in [0.5, 0.6) is 5.75 Å². The summed E-state index contributed by atoms with van der Waals surface area (Å²) in [7, 11) is 1.16. The van der Waals surface area contributed by atoms with Crippen LogP contribution in [-0.2, 0) is 14.3 Å². The molecule has 2 aromatic carbocycles. The fourth-order valence-corrected chi connectivity index (χ4v) is 3.15. The molecule has 0 saturated carbocycles. The standard InChI is InChI=1S/C21H22O6S/c1-21(2,3)27-20(24)18-15(26-16(13-22)19(23)25-4)11-8-12-17(18)28-14-9-6-5-7-10-14/h5-13,22H,1-4H3/b16-13+. The number of aliphatic hydroxyl groups excluding tert-OH is 1. The first-order valence-electron chi connectivity index (χ1n) is 8.45. The molecule has 0 unspecified atom stereocenters. The molecule has 2 rings (SSSR count). The van der Waals surface area contributed by atoms with Crippen molar-refractivity contribution in [3.63, 3.8) is 0 Å². The molecule has 7 heteroatoms. The molecule has 0 spiro atoms. The molecular formula is C21H22O6S. The van der Waals surface area contributed by atoms with Gasteiger partial charge in [-0.2, -0.15) is 0 Å². The van der Waals surface area contributed by atoms with Gasteiger partial charge in [0.2, 0.25) is 5.76 Å². The lowest BCUT2D eigenvalue weighted by Crippen LogP contribution is -2.25. The van der Waals surface area contributed by atoms with Crippen LogP contribution in [0.2, 0.25) is 0 Å². The average Bonchev–Trinajstić information content (AvgIpc) is 2.65. The fraction of sp³-hybridized carbons (Fsp3) is 0.238. The van der Waals surface area contributed by atoms with Crippen molar-refractivity contribution in [2.75, 3.05) is 7.11 Å². The van der Waals surface area contributed by atoms with Crippen molar-refractivity contribution in [1.82, 2.24) is 0 Å². The first-order chi connectivity index (χ1) is 13.2. The Bertz CT molecular complexity index is 868. The van der Waals surface area contributed by atoms with Crippen molar-refractivity contribution in [2.24, 2.45) is 0 Å². The SMILES string of the molecule is COC(=O)/C(=C\O)Oc1cccc(Sc2ccccc2)c1C(=O)OC(C)(C)C. The number of rotatable bonds is 6. The average molecular weight is 402 g/mol. The van der Waals surface area contributed by atoms with Gasteiger partial charge in [-0.1, -0.05) is 36.0 Å². The number of esters is 2. The Hall–Kier alpha value is -2.93. The molecule has 0 aliphatic heterocycles. The molecule has 0 fully saturated rings. The first kappa shape index (κ1) is 21.4. The number of benzene rings is 2. The van der Waals surface area contributed by atoms with Crippen molar-refractivity contribution in [3.05, 3.63) is 66.1 Å². The van der Waals surface area contributed by atoms with E-state index in [4.69, 9.17) is 9.47 Å². The quantitative estimate of drug-likeness (QED) is 0.424. The van der Waals surface area contributed by atoms with E-state index in [1.807, 2.05) is 30.3 Å². The summed E-state index contributed by atoms with van der Waals surface area (Å²) in [5, 5.41) is 9.30. The molecule has 0 heterocycles. The monoisotopic (exact) mass is 402 g/mol. The molecule has 6 nitrogen and oxygen atoms in total. The zero-order valence-corrected chi connectivity index (χ0v) is 16.9. The number of hydrogen-bond donors (Lipinski definition) is 1. The van der Waals surface area contributed by atoms with Crippen LogP contribution in [0.15, 0.2) is 70.3 Å². The van der Waals surface area contributed by atoms with Crippen LogP contribution >= 0.6 is 11.8 Å². The van der Waals surface area contributed by atoms with Gasteiger partial charge in [0.1, 0.15) is 23.2 Å². The van der Waals surface area contributed by atoms with Crippen LogP contribution in [0, 0.1) is 0 Å². The zero-order valence-electron chi connectivity index (χ0n) is 16.1. The largest absolute Gasteiger partial charge is 0.511 e. The van der Waals surface area contributed by atoms with E-state index in [0.29, 0.717) is 11.2 Å². The Morgan fingerprint density at radius 3 is 2.29 bits per heavy atom. The molecule has 0 radical (unpaired) electrons. The van der Waals surface area contributed by atoms with Gasteiger partial charge >= 0.3 is 11.9 Å². The number of hydrogen-bond acceptors (Lipinski definition) is 7. The smallest absolute Gasteiger partial charge is 0.377 e. The minimum atomic E-state index is -0.876. The van der Waals surface area contributed by atoms with Gasteiger partial charge in [0.25, 0.3) is 0 Å². The lowest BCUT2D eigenvalue weighted by molar-refractivity contribution is -0.138. The van der Waals surface area contributed by atoms with E-state index >= 15 is 0 Å². The summed E-state index contributed by atoms with van der Waals surface area (Å²) in [5.74, 6) is -1.86. The Morgan fingerprint density at radius 2 is 1.71 bits per heavy atom. The molecule has 0 aliphatic rings. The van der Waals surface area contributed by atoms with Gasteiger partial charge in [-0.3, -0.25) is 0 Å². The van der Waals surface area contributed by atoms with E-state index in [0.717, 1.165) is 12.0 Å². The second-order valence-electron chi connectivity index (χ2n) is 6.63. The maximum Gasteiger partial charge on any atom is 0.377 e. The molecule has 0 aliphatic carbocycles. The molecule has 0 aromatic heterocycles. The molecule has 0 atom stereocenters. The topological polar surface area (TPSA) is 82.1 Å². The Kier molecular flexibility index (Phi) is 7.12.